The van der Waals surface area contributed by atoms with Gasteiger partial charge in [0.15, 0.2) is 0 Å². The van der Waals surface area contributed by atoms with Gasteiger partial charge in [-0.1, -0.05) is 12.2 Å². The third kappa shape index (κ3) is 2.97. The molecular formula is C10H13N3O. The summed E-state index contributed by atoms with van der Waals surface area (Å²) in [6, 6.07) is 0. The van der Waals surface area contributed by atoms with Crippen LogP contribution >= 0.6 is 0 Å². The molecule has 0 aliphatic carbocycles. The number of nitrogens with one attached hydrogen (secondary N) is 1. The van der Waals surface area contributed by atoms with E-state index in [4.69, 9.17) is 0 Å². The molecule has 1 aromatic heterocycles. The van der Waals surface area contributed by atoms with Crippen molar-refractivity contribution < 1.29 is 4.79 Å². The minimum atomic E-state index is -0.195. The number of allylic oxidation sites excluding steroid dienone is 1. The maximum absolute atomic E-state index is 11.4. The van der Waals surface area contributed by atoms with Crippen LogP contribution in [0.3, 0.4) is 0 Å². The molecule has 0 unspecified atom stereocenters. The van der Waals surface area contributed by atoms with Crippen molar-refractivity contribution in [2.75, 3.05) is 6.54 Å². The van der Waals surface area contributed by atoms with E-state index in [1.807, 2.05) is 19.1 Å². The van der Waals surface area contributed by atoms with Gasteiger partial charge in [-0.3, -0.25) is 9.78 Å². The number of aromatic nitrogens is 2. The molecule has 1 amide bonds. The SMILES string of the molecule is C/C=C/CNC(=O)c1cncc(C)n1. The Morgan fingerprint density at radius 3 is 3.00 bits per heavy atom. The first kappa shape index (κ1) is 10.4. The monoisotopic (exact) mass is 191 g/mol. The van der Waals surface area contributed by atoms with Crippen LogP contribution < -0.4 is 5.32 Å². The average molecular weight is 191 g/mol. The lowest BCUT2D eigenvalue weighted by atomic mass is 10.4. The van der Waals surface area contributed by atoms with Crippen LogP contribution in [0.25, 0.3) is 0 Å². The fraction of sp³-hybridized carbons (Fsp3) is 0.300. The number of nitrogens with zero attached hydrogens (tertiary/aromatic N) is 2. The standard InChI is InChI=1S/C10H13N3O/c1-3-4-5-12-10(14)9-7-11-6-8(2)13-9/h3-4,6-7H,5H2,1-2H3,(H,12,14)/b4-3+. The fourth-order valence-electron chi connectivity index (χ4n) is 0.933. The highest BCUT2D eigenvalue weighted by Gasteiger charge is 2.05. The van der Waals surface area contributed by atoms with Crippen LogP contribution in [0, 0.1) is 6.92 Å². The minimum Gasteiger partial charge on any atom is -0.347 e. The molecule has 0 saturated heterocycles. The van der Waals surface area contributed by atoms with Gasteiger partial charge in [-0.2, -0.15) is 0 Å². The van der Waals surface area contributed by atoms with Gasteiger partial charge in [0.2, 0.25) is 0 Å². The van der Waals surface area contributed by atoms with Crippen LogP contribution in [-0.4, -0.2) is 22.4 Å². The number of amides is 1. The maximum Gasteiger partial charge on any atom is 0.271 e. The lowest BCUT2D eigenvalue weighted by molar-refractivity contribution is 0.0952. The lowest BCUT2D eigenvalue weighted by Crippen LogP contribution is -2.24. The Labute approximate surface area is 83.1 Å². The first-order chi connectivity index (χ1) is 6.74. The van der Waals surface area contributed by atoms with Crippen LogP contribution in [0.5, 0.6) is 0 Å². The highest BCUT2D eigenvalue weighted by Crippen LogP contribution is 1.94. The summed E-state index contributed by atoms with van der Waals surface area (Å²) >= 11 is 0. The normalized spacial score (nSPS) is 10.4. The van der Waals surface area contributed by atoms with Gasteiger partial charge in [0.1, 0.15) is 5.69 Å². The van der Waals surface area contributed by atoms with E-state index in [1.165, 1.54) is 6.20 Å². The van der Waals surface area contributed by atoms with Crippen molar-refractivity contribution in [3.63, 3.8) is 0 Å². The molecule has 0 fully saturated rings. The largest absolute Gasteiger partial charge is 0.347 e. The van der Waals surface area contributed by atoms with Crippen molar-refractivity contribution in [2.45, 2.75) is 13.8 Å². The molecule has 0 saturated carbocycles. The summed E-state index contributed by atoms with van der Waals surface area (Å²) in [6.45, 7) is 4.22. The van der Waals surface area contributed by atoms with E-state index in [2.05, 4.69) is 15.3 Å². The molecule has 1 aromatic rings. The van der Waals surface area contributed by atoms with Gasteiger partial charge >= 0.3 is 0 Å². The summed E-state index contributed by atoms with van der Waals surface area (Å²) in [5.74, 6) is -0.195. The molecule has 0 spiro atoms. The predicted molar refractivity (Wildman–Crippen MR) is 53.9 cm³/mol. The van der Waals surface area contributed by atoms with E-state index in [9.17, 15) is 4.79 Å². The number of carbonyl (C=O) groups excluding carboxylic acids is 1. The Morgan fingerprint density at radius 1 is 1.57 bits per heavy atom. The molecule has 0 atom stereocenters. The first-order valence-corrected chi connectivity index (χ1v) is 4.42. The van der Waals surface area contributed by atoms with E-state index in [0.29, 0.717) is 12.2 Å². The van der Waals surface area contributed by atoms with Gasteiger partial charge in [-0.25, -0.2) is 4.98 Å². The van der Waals surface area contributed by atoms with Crippen molar-refractivity contribution in [1.82, 2.24) is 15.3 Å². The quantitative estimate of drug-likeness (QED) is 0.728. The Bertz CT molecular complexity index is 347. The van der Waals surface area contributed by atoms with Crippen LogP contribution in [0.2, 0.25) is 0 Å². The van der Waals surface area contributed by atoms with Crippen molar-refractivity contribution >= 4 is 5.91 Å². The summed E-state index contributed by atoms with van der Waals surface area (Å²) in [5.41, 5.74) is 1.10. The number of carbonyl (C=O) groups is 1. The Hall–Kier alpha value is -1.71. The molecule has 0 aliphatic rings. The molecule has 4 heteroatoms. The molecule has 1 rings (SSSR count). The van der Waals surface area contributed by atoms with Gasteiger partial charge < -0.3 is 5.32 Å². The summed E-state index contributed by atoms with van der Waals surface area (Å²) in [7, 11) is 0. The van der Waals surface area contributed by atoms with Crippen LogP contribution in [0.1, 0.15) is 23.1 Å². The summed E-state index contributed by atoms with van der Waals surface area (Å²) in [6.07, 6.45) is 6.81. The van der Waals surface area contributed by atoms with Crippen molar-refractivity contribution in [3.8, 4) is 0 Å². The summed E-state index contributed by atoms with van der Waals surface area (Å²) < 4.78 is 0. The van der Waals surface area contributed by atoms with Crippen molar-refractivity contribution in [3.05, 3.63) is 35.9 Å². The fourth-order valence-corrected chi connectivity index (χ4v) is 0.933. The zero-order valence-corrected chi connectivity index (χ0v) is 8.32. The third-order valence-electron chi connectivity index (χ3n) is 1.60. The Balaban J connectivity index is 2.60. The maximum atomic E-state index is 11.4. The molecule has 1 heterocycles. The van der Waals surface area contributed by atoms with Gasteiger partial charge in [0.05, 0.1) is 11.9 Å². The molecule has 0 aliphatic heterocycles. The smallest absolute Gasteiger partial charge is 0.271 e. The highest BCUT2D eigenvalue weighted by atomic mass is 16.1. The average Bonchev–Trinajstić information content (AvgIpc) is 2.18. The van der Waals surface area contributed by atoms with Gasteiger partial charge in [0, 0.05) is 12.7 Å². The summed E-state index contributed by atoms with van der Waals surface area (Å²) in [4.78, 5) is 19.4. The Kier molecular flexibility index (Phi) is 3.79. The molecule has 74 valence electrons. The zero-order valence-electron chi connectivity index (χ0n) is 8.32. The molecule has 0 radical (unpaired) electrons. The second kappa shape index (κ2) is 5.11. The number of aryl methyl sites for hydroxylation is 1. The van der Waals surface area contributed by atoms with Gasteiger partial charge in [-0.15, -0.1) is 0 Å². The van der Waals surface area contributed by atoms with Crippen LogP contribution in [0.15, 0.2) is 24.5 Å². The van der Waals surface area contributed by atoms with Gasteiger partial charge in [0.25, 0.3) is 5.91 Å². The number of hydrogen-bond donors (Lipinski definition) is 1. The third-order valence-corrected chi connectivity index (χ3v) is 1.60. The van der Waals surface area contributed by atoms with E-state index in [-0.39, 0.29) is 5.91 Å². The predicted octanol–water partition coefficient (Wildman–Crippen LogP) is 1.09. The van der Waals surface area contributed by atoms with E-state index in [1.54, 1.807) is 13.1 Å². The van der Waals surface area contributed by atoms with E-state index < -0.39 is 0 Å². The van der Waals surface area contributed by atoms with Gasteiger partial charge in [-0.05, 0) is 13.8 Å². The topological polar surface area (TPSA) is 54.9 Å². The molecule has 4 nitrogen and oxygen atoms in total. The highest BCUT2D eigenvalue weighted by molar-refractivity contribution is 5.91. The Morgan fingerprint density at radius 2 is 2.36 bits per heavy atom. The molecule has 0 aromatic carbocycles. The van der Waals surface area contributed by atoms with Crippen molar-refractivity contribution in [1.29, 1.82) is 0 Å². The van der Waals surface area contributed by atoms with Crippen LogP contribution in [0.4, 0.5) is 0 Å². The lowest BCUT2D eigenvalue weighted by Gasteiger charge is -2.01. The molecule has 0 bridgehead atoms. The molecule has 14 heavy (non-hydrogen) atoms. The van der Waals surface area contributed by atoms with Crippen molar-refractivity contribution in [2.24, 2.45) is 0 Å². The number of hydrogen-bond acceptors (Lipinski definition) is 3. The molecule has 1 N–H and O–H groups in total. The first-order valence-electron chi connectivity index (χ1n) is 4.42. The second-order valence-electron chi connectivity index (χ2n) is 2.82. The van der Waals surface area contributed by atoms with Crippen LogP contribution in [-0.2, 0) is 0 Å². The second-order valence-corrected chi connectivity index (χ2v) is 2.82. The van der Waals surface area contributed by atoms with E-state index in [0.717, 1.165) is 5.69 Å². The number of rotatable bonds is 3. The minimum absolute atomic E-state index is 0.195. The zero-order chi connectivity index (χ0) is 10.4. The molecular weight excluding hydrogens is 178 g/mol. The summed E-state index contributed by atoms with van der Waals surface area (Å²) in [5, 5.41) is 2.70. The van der Waals surface area contributed by atoms with E-state index >= 15 is 0 Å².